The molecule has 0 aromatic heterocycles. The zero-order chi connectivity index (χ0) is 13.8. The van der Waals surface area contributed by atoms with Gasteiger partial charge in [0.15, 0.2) is 11.5 Å². The van der Waals surface area contributed by atoms with Crippen LogP contribution in [0.4, 0.5) is 0 Å². The minimum Gasteiger partial charge on any atom is -0.486 e. The molecule has 108 valence electrons. The van der Waals surface area contributed by atoms with Crippen LogP contribution in [-0.4, -0.2) is 49.7 Å². The van der Waals surface area contributed by atoms with Crippen molar-refractivity contribution in [3.8, 4) is 11.5 Å². The fraction of sp³-hybridized carbons (Fsp3) is 0.533. The number of rotatable bonds is 4. The number of carbonyl (C=O) groups excluding carboxylic acids is 1. The van der Waals surface area contributed by atoms with E-state index in [4.69, 9.17) is 9.47 Å². The van der Waals surface area contributed by atoms with Gasteiger partial charge in [0.25, 0.3) is 0 Å². The molecule has 2 heterocycles. The number of hydrogen-bond donors (Lipinski definition) is 1. The van der Waals surface area contributed by atoms with Gasteiger partial charge < -0.3 is 14.8 Å². The minimum atomic E-state index is -0.118. The van der Waals surface area contributed by atoms with Gasteiger partial charge >= 0.3 is 0 Å². The first-order valence-corrected chi connectivity index (χ1v) is 7.19. The molecule has 20 heavy (non-hydrogen) atoms. The molecule has 0 spiro atoms. The molecular weight excluding hydrogens is 256 g/mol. The number of nitrogens with zero attached hydrogens (tertiary/aromatic N) is 1. The summed E-state index contributed by atoms with van der Waals surface area (Å²) in [5, 5.41) is 2.92. The van der Waals surface area contributed by atoms with Crippen LogP contribution in [0.1, 0.15) is 12.8 Å². The van der Waals surface area contributed by atoms with Crippen molar-refractivity contribution in [1.29, 1.82) is 0 Å². The van der Waals surface area contributed by atoms with Crippen LogP contribution in [-0.2, 0) is 4.79 Å². The van der Waals surface area contributed by atoms with E-state index in [1.807, 2.05) is 24.3 Å². The third kappa shape index (κ3) is 3.22. The Bertz CT molecular complexity index is 472. The normalized spacial score (nSPS) is 21.7. The number of carbonyl (C=O) groups is 1. The second kappa shape index (κ2) is 6.13. The highest BCUT2D eigenvalue weighted by atomic mass is 16.6. The molecule has 0 aliphatic carbocycles. The van der Waals surface area contributed by atoms with Gasteiger partial charge in [-0.05, 0) is 38.1 Å². The molecule has 1 atom stereocenters. The van der Waals surface area contributed by atoms with Gasteiger partial charge in [0, 0.05) is 0 Å². The summed E-state index contributed by atoms with van der Waals surface area (Å²) in [4.78, 5) is 14.0. The van der Waals surface area contributed by atoms with E-state index in [2.05, 4.69) is 10.2 Å². The largest absolute Gasteiger partial charge is 0.486 e. The summed E-state index contributed by atoms with van der Waals surface area (Å²) in [6.07, 6.45) is 2.28. The molecule has 1 N–H and O–H groups in total. The lowest BCUT2D eigenvalue weighted by molar-refractivity contribution is -0.122. The summed E-state index contributed by atoms with van der Waals surface area (Å²) in [5.41, 5.74) is 0. The Morgan fingerprint density at radius 1 is 1.25 bits per heavy atom. The van der Waals surface area contributed by atoms with Crippen LogP contribution in [0.25, 0.3) is 0 Å². The third-order valence-corrected chi connectivity index (χ3v) is 3.66. The Morgan fingerprint density at radius 3 is 2.80 bits per heavy atom. The fourth-order valence-corrected chi connectivity index (χ4v) is 2.59. The van der Waals surface area contributed by atoms with Crippen molar-refractivity contribution in [3.05, 3.63) is 24.3 Å². The van der Waals surface area contributed by atoms with E-state index < -0.39 is 0 Å². The lowest BCUT2D eigenvalue weighted by Gasteiger charge is -2.26. The van der Waals surface area contributed by atoms with E-state index in [1.54, 1.807) is 0 Å². The Balaban J connectivity index is 1.44. The van der Waals surface area contributed by atoms with E-state index in [1.165, 1.54) is 12.8 Å². The first-order valence-electron chi connectivity index (χ1n) is 7.19. The van der Waals surface area contributed by atoms with Crippen molar-refractivity contribution in [2.75, 3.05) is 32.8 Å². The van der Waals surface area contributed by atoms with Gasteiger partial charge in [-0.15, -0.1) is 0 Å². The van der Waals surface area contributed by atoms with Gasteiger partial charge in [0.05, 0.1) is 13.1 Å². The number of likely N-dealkylation sites (tertiary alicyclic amines) is 1. The molecule has 5 heteroatoms. The van der Waals surface area contributed by atoms with E-state index in [0.717, 1.165) is 24.6 Å². The summed E-state index contributed by atoms with van der Waals surface area (Å²) in [6, 6.07) is 7.60. The van der Waals surface area contributed by atoms with Gasteiger partial charge in [-0.2, -0.15) is 0 Å². The van der Waals surface area contributed by atoms with Gasteiger partial charge in [0.2, 0.25) is 5.91 Å². The maximum Gasteiger partial charge on any atom is 0.234 e. The molecule has 1 amide bonds. The molecule has 1 aromatic carbocycles. The highest BCUT2D eigenvalue weighted by Crippen LogP contribution is 2.30. The summed E-state index contributed by atoms with van der Waals surface area (Å²) in [6.45, 7) is 3.51. The lowest BCUT2D eigenvalue weighted by atomic mass is 10.2. The Labute approximate surface area is 118 Å². The highest BCUT2D eigenvalue weighted by Gasteiger charge is 2.21. The summed E-state index contributed by atoms with van der Waals surface area (Å²) < 4.78 is 11.4. The van der Waals surface area contributed by atoms with Gasteiger partial charge in [-0.1, -0.05) is 12.1 Å². The summed E-state index contributed by atoms with van der Waals surface area (Å²) in [7, 11) is 0. The highest BCUT2D eigenvalue weighted by molar-refractivity contribution is 5.78. The quantitative estimate of drug-likeness (QED) is 0.892. The molecule has 1 fully saturated rings. The van der Waals surface area contributed by atoms with Gasteiger partial charge in [-0.3, -0.25) is 9.69 Å². The van der Waals surface area contributed by atoms with Crippen LogP contribution in [0.15, 0.2) is 24.3 Å². The van der Waals surface area contributed by atoms with Crippen molar-refractivity contribution in [2.45, 2.75) is 18.9 Å². The first-order chi connectivity index (χ1) is 9.81. The van der Waals surface area contributed by atoms with E-state index in [0.29, 0.717) is 19.7 Å². The number of ether oxygens (including phenoxy) is 2. The van der Waals surface area contributed by atoms with Crippen molar-refractivity contribution in [2.24, 2.45) is 0 Å². The van der Waals surface area contributed by atoms with Crippen molar-refractivity contribution >= 4 is 5.91 Å². The van der Waals surface area contributed by atoms with Gasteiger partial charge in [-0.25, -0.2) is 0 Å². The molecule has 2 aliphatic rings. The standard InChI is InChI=1S/C15H20N2O3/c18-15(10-17-7-3-4-8-17)16-9-12-11-19-13-5-1-2-6-14(13)20-12/h1-2,5-6,12H,3-4,7-11H2,(H,16,18)/t12-/m1/s1. The average molecular weight is 276 g/mol. The van der Waals surface area contributed by atoms with E-state index >= 15 is 0 Å². The van der Waals surface area contributed by atoms with Crippen LogP contribution in [0.3, 0.4) is 0 Å². The molecule has 0 saturated carbocycles. The zero-order valence-corrected chi connectivity index (χ0v) is 11.5. The Hall–Kier alpha value is -1.75. The zero-order valence-electron chi connectivity index (χ0n) is 11.5. The minimum absolute atomic E-state index is 0.0642. The molecule has 1 aromatic rings. The first kappa shape index (κ1) is 13.2. The molecule has 2 aliphatic heterocycles. The monoisotopic (exact) mass is 276 g/mol. The third-order valence-electron chi connectivity index (χ3n) is 3.66. The predicted octanol–water partition coefficient (Wildman–Crippen LogP) is 1.04. The van der Waals surface area contributed by atoms with Crippen molar-refractivity contribution < 1.29 is 14.3 Å². The second-order valence-corrected chi connectivity index (χ2v) is 5.28. The summed E-state index contributed by atoms with van der Waals surface area (Å²) in [5.74, 6) is 1.58. The van der Waals surface area contributed by atoms with Crippen LogP contribution >= 0.6 is 0 Å². The predicted molar refractivity (Wildman–Crippen MR) is 75.0 cm³/mol. The van der Waals surface area contributed by atoms with Crippen LogP contribution in [0.5, 0.6) is 11.5 Å². The molecule has 3 rings (SSSR count). The SMILES string of the molecule is O=C(CN1CCCC1)NC[C@@H]1COc2ccccc2O1. The van der Waals surface area contributed by atoms with Crippen LogP contribution < -0.4 is 14.8 Å². The Kier molecular flexibility index (Phi) is 4.06. The molecule has 5 nitrogen and oxygen atoms in total. The van der Waals surface area contributed by atoms with Crippen molar-refractivity contribution in [1.82, 2.24) is 10.2 Å². The summed E-state index contributed by atoms with van der Waals surface area (Å²) >= 11 is 0. The topological polar surface area (TPSA) is 50.8 Å². The van der Waals surface area contributed by atoms with Gasteiger partial charge in [0.1, 0.15) is 12.7 Å². The maximum absolute atomic E-state index is 11.8. The van der Waals surface area contributed by atoms with Crippen molar-refractivity contribution in [3.63, 3.8) is 0 Å². The van der Waals surface area contributed by atoms with E-state index in [9.17, 15) is 4.79 Å². The Morgan fingerprint density at radius 2 is 2.00 bits per heavy atom. The van der Waals surface area contributed by atoms with Crippen LogP contribution in [0, 0.1) is 0 Å². The number of para-hydroxylation sites is 2. The number of fused-ring (bicyclic) bond motifs is 1. The number of benzene rings is 1. The van der Waals surface area contributed by atoms with E-state index in [-0.39, 0.29) is 12.0 Å². The molecule has 0 bridgehead atoms. The smallest absolute Gasteiger partial charge is 0.234 e. The average Bonchev–Trinajstić information content (AvgIpc) is 2.98. The lowest BCUT2D eigenvalue weighted by Crippen LogP contribution is -2.43. The maximum atomic E-state index is 11.8. The number of nitrogens with one attached hydrogen (secondary N) is 1. The number of hydrogen-bond acceptors (Lipinski definition) is 4. The molecule has 0 unspecified atom stereocenters. The van der Waals surface area contributed by atoms with Crippen LogP contribution in [0.2, 0.25) is 0 Å². The second-order valence-electron chi connectivity index (χ2n) is 5.28. The molecular formula is C15H20N2O3. The number of amides is 1. The fourth-order valence-electron chi connectivity index (χ4n) is 2.59. The molecule has 0 radical (unpaired) electrons. The molecule has 1 saturated heterocycles.